The van der Waals surface area contributed by atoms with Gasteiger partial charge in [0.15, 0.2) is 0 Å². The number of carbonyl (C=O) groups excluding carboxylic acids is 1. The van der Waals surface area contributed by atoms with Crippen molar-refractivity contribution in [3.05, 3.63) is 35.2 Å². The maximum atomic E-state index is 13.2. The topological polar surface area (TPSA) is 126 Å². The molecule has 0 spiro atoms. The number of azo groups is 1. The van der Waals surface area contributed by atoms with Crippen molar-refractivity contribution in [2.45, 2.75) is 88.7 Å². The molecule has 0 amide bonds. The Kier molecular flexibility index (Phi) is 8.48. The van der Waals surface area contributed by atoms with Crippen LogP contribution in [0.4, 0.5) is 36.2 Å². The van der Waals surface area contributed by atoms with E-state index in [9.17, 15) is 26.4 Å². The third kappa shape index (κ3) is 6.47. The summed E-state index contributed by atoms with van der Waals surface area (Å²) in [5.74, 6) is -0.529. The quantitative estimate of drug-likeness (QED) is 0.267. The summed E-state index contributed by atoms with van der Waals surface area (Å²) in [5, 5.41) is 8.17. The number of ether oxygens (including phenoxy) is 1. The number of nitrogens with zero attached hydrogens (tertiary/aromatic N) is 5. The van der Waals surface area contributed by atoms with Gasteiger partial charge in [-0.3, -0.25) is 4.72 Å². The van der Waals surface area contributed by atoms with Crippen molar-refractivity contribution in [2.75, 3.05) is 22.7 Å². The average Bonchev–Trinajstić information content (AvgIpc) is 3.65. The molecule has 0 atom stereocenters. The zero-order valence-corrected chi connectivity index (χ0v) is 23.6. The second-order valence-electron chi connectivity index (χ2n) is 10.7. The molecule has 0 bridgehead atoms. The number of carbonyl (C=O) groups is 1. The van der Waals surface area contributed by atoms with E-state index in [0.717, 1.165) is 63.4 Å². The highest BCUT2D eigenvalue weighted by Crippen LogP contribution is 2.40. The molecule has 0 radical (unpaired) electrons. The molecule has 10 nitrogen and oxygen atoms in total. The van der Waals surface area contributed by atoms with Crippen LogP contribution in [0.3, 0.4) is 0 Å². The summed E-state index contributed by atoms with van der Waals surface area (Å²) in [6.07, 6.45) is 10.1. The highest BCUT2D eigenvalue weighted by atomic mass is 32.2. The first-order chi connectivity index (χ1) is 19.6. The molecule has 222 valence electrons. The van der Waals surface area contributed by atoms with Crippen molar-refractivity contribution in [1.29, 1.82) is 0 Å². The van der Waals surface area contributed by atoms with Gasteiger partial charge in [-0.25, -0.2) is 14.8 Å². The third-order valence-electron chi connectivity index (χ3n) is 7.93. The summed E-state index contributed by atoms with van der Waals surface area (Å²) in [5.41, 5.74) is -3.68. The highest BCUT2D eigenvalue weighted by molar-refractivity contribution is 7.93. The SMILES string of the molecule is CCN1CCCc2cc(N=Nc3ncc(C(=O)OC4CCCC4)c(C4CCCC4)n3)c(NS(=O)(=O)C(F)(F)F)cc21. The molecule has 1 aromatic heterocycles. The summed E-state index contributed by atoms with van der Waals surface area (Å²) in [4.78, 5) is 23.7. The van der Waals surface area contributed by atoms with Crippen LogP contribution in [0.1, 0.15) is 92.2 Å². The molecule has 1 aliphatic heterocycles. The molecule has 2 saturated carbocycles. The first kappa shape index (κ1) is 29.2. The Morgan fingerprint density at radius 1 is 1.10 bits per heavy atom. The van der Waals surface area contributed by atoms with Crippen molar-refractivity contribution < 1.29 is 31.1 Å². The number of hydrogen-bond acceptors (Lipinski definition) is 9. The molecule has 2 fully saturated rings. The first-order valence-corrected chi connectivity index (χ1v) is 15.5. The third-order valence-corrected chi connectivity index (χ3v) is 9.03. The lowest BCUT2D eigenvalue weighted by Gasteiger charge is -2.31. The summed E-state index contributed by atoms with van der Waals surface area (Å²) in [6, 6.07) is 2.91. The normalized spacial score (nSPS) is 18.7. The van der Waals surface area contributed by atoms with Gasteiger partial charge in [0.05, 0.1) is 16.9 Å². The van der Waals surface area contributed by atoms with Gasteiger partial charge < -0.3 is 9.64 Å². The van der Waals surface area contributed by atoms with Crippen LogP contribution in [0.25, 0.3) is 0 Å². The van der Waals surface area contributed by atoms with E-state index in [2.05, 4.69) is 20.2 Å². The molecule has 14 heteroatoms. The lowest BCUT2D eigenvalue weighted by atomic mass is 9.99. The van der Waals surface area contributed by atoms with E-state index < -0.39 is 21.5 Å². The first-order valence-electron chi connectivity index (χ1n) is 14.1. The molecule has 0 saturated heterocycles. The minimum atomic E-state index is -5.70. The Morgan fingerprint density at radius 3 is 2.49 bits per heavy atom. The minimum absolute atomic E-state index is 0.0241. The van der Waals surface area contributed by atoms with Gasteiger partial charge in [0.25, 0.3) is 5.95 Å². The zero-order chi connectivity index (χ0) is 29.2. The Hall–Kier alpha value is -3.29. The lowest BCUT2D eigenvalue weighted by molar-refractivity contribution is -0.0429. The number of hydrogen-bond donors (Lipinski definition) is 1. The predicted octanol–water partition coefficient (Wildman–Crippen LogP) is 6.68. The van der Waals surface area contributed by atoms with Crippen LogP contribution in [0.15, 0.2) is 28.6 Å². The molecule has 2 heterocycles. The van der Waals surface area contributed by atoms with Gasteiger partial charge in [-0.15, -0.1) is 10.2 Å². The second kappa shape index (κ2) is 11.9. The highest BCUT2D eigenvalue weighted by Gasteiger charge is 2.46. The van der Waals surface area contributed by atoms with Crippen LogP contribution in [-0.4, -0.2) is 49.1 Å². The van der Waals surface area contributed by atoms with Gasteiger partial charge in [-0.05, 0) is 76.0 Å². The van der Waals surface area contributed by atoms with E-state index >= 15 is 0 Å². The number of benzene rings is 1. The summed E-state index contributed by atoms with van der Waals surface area (Å²) in [7, 11) is -5.70. The molecule has 41 heavy (non-hydrogen) atoms. The van der Waals surface area contributed by atoms with E-state index in [1.807, 2.05) is 11.8 Å². The monoisotopic (exact) mass is 594 g/mol. The Bertz CT molecular complexity index is 1420. The molecular formula is C27H33F3N6O4S. The Balaban J connectivity index is 1.49. The fraction of sp³-hybridized carbons (Fsp3) is 0.593. The van der Waals surface area contributed by atoms with E-state index in [4.69, 9.17) is 4.74 Å². The molecular weight excluding hydrogens is 561 g/mol. The smallest absolute Gasteiger partial charge is 0.459 e. The van der Waals surface area contributed by atoms with Crippen LogP contribution >= 0.6 is 0 Å². The zero-order valence-electron chi connectivity index (χ0n) is 22.8. The fourth-order valence-electron chi connectivity index (χ4n) is 5.81. The summed E-state index contributed by atoms with van der Waals surface area (Å²) in [6.45, 7) is 3.21. The number of nitrogens with one attached hydrogen (secondary N) is 1. The molecule has 1 aromatic carbocycles. The van der Waals surface area contributed by atoms with Gasteiger partial charge >= 0.3 is 21.5 Å². The summed E-state index contributed by atoms with van der Waals surface area (Å²) < 4.78 is 71.0. The largest absolute Gasteiger partial charge is 0.516 e. The van der Waals surface area contributed by atoms with E-state index in [0.29, 0.717) is 30.9 Å². The number of fused-ring (bicyclic) bond motifs is 1. The predicted molar refractivity (Wildman–Crippen MR) is 146 cm³/mol. The molecule has 2 aliphatic carbocycles. The molecule has 3 aliphatic rings. The number of esters is 1. The molecule has 0 unspecified atom stereocenters. The van der Waals surface area contributed by atoms with Crippen molar-refractivity contribution >= 4 is 39.0 Å². The Morgan fingerprint density at radius 2 is 1.80 bits per heavy atom. The number of sulfonamides is 1. The van der Waals surface area contributed by atoms with Crippen LogP contribution < -0.4 is 9.62 Å². The number of rotatable bonds is 8. The van der Waals surface area contributed by atoms with E-state index in [-0.39, 0.29) is 34.9 Å². The van der Waals surface area contributed by atoms with Crippen LogP contribution in [0.5, 0.6) is 0 Å². The van der Waals surface area contributed by atoms with Gasteiger partial charge in [0.1, 0.15) is 11.8 Å². The van der Waals surface area contributed by atoms with Crippen LogP contribution in [0.2, 0.25) is 0 Å². The van der Waals surface area contributed by atoms with Crippen molar-refractivity contribution in [2.24, 2.45) is 10.2 Å². The molecule has 5 rings (SSSR count). The van der Waals surface area contributed by atoms with Gasteiger partial charge in [0, 0.05) is 30.9 Å². The summed E-state index contributed by atoms with van der Waals surface area (Å²) >= 11 is 0. The molecule has 2 aromatic rings. The van der Waals surface area contributed by atoms with Crippen molar-refractivity contribution in [3.8, 4) is 0 Å². The number of alkyl halides is 3. The number of aromatic nitrogens is 2. The fourth-order valence-corrected chi connectivity index (χ4v) is 6.38. The number of aryl methyl sites for hydroxylation is 1. The van der Waals surface area contributed by atoms with Crippen LogP contribution in [0, 0.1) is 0 Å². The van der Waals surface area contributed by atoms with Crippen molar-refractivity contribution in [1.82, 2.24) is 9.97 Å². The lowest BCUT2D eigenvalue weighted by Crippen LogP contribution is -2.31. The van der Waals surface area contributed by atoms with Gasteiger partial charge in [-0.1, -0.05) is 12.8 Å². The van der Waals surface area contributed by atoms with Gasteiger partial charge in [0.2, 0.25) is 0 Å². The van der Waals surface area contributed by atoms with E-state index in [1.165, 1.54) is 12.3 Å². The minimum Gasteiger partial charge on any atom is -0.459 e. The van der Waals surface area contributed by atoms with Gasteiger partial charge in [-0.2, -0.15) is 21.6 Å². The standard InChI is InChI=1S/C27H33F3N6O4S/c1-2-36-13-7-10-18-14-21(22(15-23(18)36)35-41(38,39)27(28,29)30)33-34-26-31-16-20(24(32-26)17-8-3-4-9-17)25(37)40-19-11-5-6-12-19/h14-17,19,35H,2-13H2,1H3. The molecule has 1 N–H and O–H groups in total. The maximum Gasteiger partial charge on any atom is 0.516 e. The maximum absolute atomic E-state index is 13.2. The second-order valence-corrected chi connectivity index (χ2v) is 12.4. The van der Waals surface area contributed by atoms with Crippen molar-refractivity contribution in [3.63, 3.8) is 0 Å². The van der Waals surface area contributed by atoms with E-state index in [1.54, 1.807) is 10.8 Å². The van der Waals surface area contributed by atoms with Crippen LogP contribution in [-0.2, 0) is 21.2 Å². The number of halogens is 3. The Labute approximate surface area is 236 Å². The average molecular weight is 595 g/mol. The number of anilines is 2.